The Balaban J connectivity index is 1.80. The Morgan fingerprint density at radius 1 is 1.42 bits per heavy atom. The van der Waals surface area contributed by atoms with Gasteiger partial charge in [-0.05, 0) is 38.1 Å². The Morgan fingerprint density at radius 2 is 2.21 bits per heavy atom. The number of piperidine rings is 1. The number of nitrogens with one attached hydrogen (secondary N) is 3. The van der Waals surface area contributed by atoms with Crippen LogP contribution in [-0.4, -0.2) is 54.8 Å². The van der Waals surface area contributed by atoms with E-state index in [0.717, 1.165) is 4.47 Å². The summed E-state index contributed by atoms with van der Waals surface area (Å²) < 4.78 is 0.788. The summed E-state index contributed by atoms with van der Waals surface area (Å²) >= 11 is 3.36. The zero-order valence-corrected chi connectivity index (χ0v) is 14.9. The average Bonchev–Trinajstić information content (AvgIpc) is 2.64. The molecular formula is C16H19BrN4O3. The van der Waals surface area contributed by atoms with Crippen LogP contribution >= 0.6 is 15.9 Å². The van der Waals surface area contributed by atoms with Crippen LogP contribution in [0.5, 0.6) is 0 Å². The summed E-state index contributed by atoms with van der Waals surface area (Å²) in [5, 5.41) is 8.54. The number of carbonyl (C=O) groups is 3. The first-order valence-corrected chi connectivity index (χ1v) is 8.64. The van der Waals surface area contributed by atoms with E-state index in [9.17, 15) is 14.4 Å². The third kappa shape index (κ3) is 3.29. The zero-order valence-electron chi connectivity index (χ0n) is 13.3. The Bertz CT molecular complexity index is 694. The Labute approximate surface area is 148 Å². The van der Waals surface area contributed by atoms with Crippen LogP contribution in [0, 0.1) is 0 Å². The van der Waals surface area contributed by atoms with Crippen LogP contribution < -0.4 is 16.0 Å². The van der Waals surface area contributed by atoms with E-state index in [1.165, 1.54) is 0 Å². The number of hydrogen-bond donors (Lipinski definition) is 3. The van der Waals surface area contributed by atoms with E-state index in [-0.39, 0.29) is 30.3 Å². The Hall–Kier alpha value is -1.93. The number of likely N-dealkylation sites (N-methyl/N-ethyl adjacent to an activating group) is 1. The molecule has 3 N–H and O–H groups in total. The number of anilines is 1. The lowest BCUT2D eigenvalue weighted by Gasteiger charge is -2.37. The van der Waals surface area contributed by atoms with Crippen LogP contribution in [-0.2, 0) is 9.59 Å². The molecular weight excluding hydrogens is 376 g/mol. The predicted octanol–water partition coefficient (Wildman–Crippen LogP) is 0.710. The molecule has 2 aliphatic heterocycles. The summed E-state index contributed by atoms with van der Waals surface area (Å²) in [7, 11) is 1.70. The van der Waals surface area contributed by atoms with E-state index in [1.807, 2.05) is 0 Å². The minimum absolute atomic E-state index is 0.108. The Morgan fingerprint density at radius 3 is 2.96 bits per heavy atom. The van der Waals surface area contributed by atoms with Crippen molar-refractivity contribution in [2.24, 2.45) is 0 Å². The van der Waals surface area contributed by atoms with Crippen molar-refractivity contribution in [3.8, 4) is 0 Å². The lowest BCUT2D eigenvalue weighted by Crippen LogP contribution is -2.55. The van der Waals surface area contributed by atoms with Gasteiger partial charge >= 0.3 is 0 Å². The second-order valence-corrected chi connectivity index (χ2v) is 6.93. The first-order chi connectivity index (χ1) is 11.5. The monoisotopic (exact) mass is 394 g/mol. The van der Waals surface area contributed by atoms with E-state index in [0.29, 0.717) is 30.6 Å². The number of carbonyl (C=O) groups excluding carboxylic acids is 3. The van der Waals surface area contributed by atoms with E-state index in [4.69, 9.17) is 0 Å². The molecule has 2 heterocycles. The maximum atomic E-state index is 12.8. The minimum atomic E-state index is -0.572. The second-order valence-electron chi connectivity index (χ2n) is 6.01. The van der Waals surface area contributed by atoms with Gasteiger partial charge in [0.05, 0.1) is 17.8 Å². The quantitative estimate of drug-likeness (QED) is 0.703. The molecule has 0 spiro atoms. The largest absolute Gasteiger partial charge is 0.352 e. The van der Waals surface area contributed by atoms with Crippen LogP contribution in [0.3, 0.4) is 0 Å². The number of fused-ring (bicyclic) bond motifs is 2. The molecule has 3 amide bonds. The summed E-state index contributed by atoms with van der Waals surface area (Å²) in [6.45, 7) is 0.669. The van der Waals surface area contributed by atoms with Gasteiger partial charge in [-0.1, -0.05) is 15.9 Å². The molecule has 0 aromatic heterocycles. The topological polar surface area (TPSA) is 90.5 Å². The fraction of sp³-hybridized carbons (Fsp3) is 0.438. The zero-order chi connectivity index (χ0) is 17.3. The highest BCUT2D eigenvalue weighted by molar-refractivity contribution is 9.10. The molecule has 0 radical (unpaired) electrons. The van der Waals surface area contributed by atoms with Crippen molar-refractivity contribution in [3.05, 3.63) is 28.2 Å². The molecule has 8 heteroatoms. The standard InChI is InChI=1S/C16H19BrN4O3/c1-18-8-14(22)19-10-4-5-21-13(7-10)15(23)20-12-3-2-9(17)6-11(12)16(21)24/h2-3,6,10,13,18H,4-5,7-8H2,1H3,(H,19,22)(H,20,23). The maximum Gasteiger partial charge on any atom is 0.256 e. The number of benzene rings is 1. The maximum absolute atomic E-state index is 12.8. The molecule has 1 saturated heterocycles. The molecule has 24 heavy (non-hydrogen) atoms. The fourth-order valence-corrected chi connectivity index (χ4v) is 3.56. The summed E-state index contributed by atoms with van der Waals surface area (Å²) in [5.41, 5.74) is 1.01. The Kier molecular flexibility index (Phi) is 4.86. The highest BCUT2D eigenvalue weighted by Crippen LogP contribution is 2.30. The van der Waals surface area contributed by atoms with E-state index in [2.05, 4.69) is 31.9 Å². The summed E-state index contributed by atoms with van der Waals surface area (Å²) in [6, 6.07) is 4.55. The van der Waals surface area contributed by atoms with Crippen molar-refractivity contribution in [3.63, 3.8) is 0 Å². The molecule has 128 valence electrons. The SMILES string of the molecule is CNCC(=O)NC1CCN2C(=O)c3cc(Br)ccc3NC(=O)C2C1. The van der Waals surface area contributed by atoms with E-state index in [1.54, 1.807) is 30.1 Å². The highest BCUT2D eigenvalue weighted by Gasteiger charge is 2.40. The van der Waals surface area contributed by atoms with Crippen molar-refractivity contribution in [1.82, 2.24) is 15.5 Å². The molecule has 1 fully saturated rings. The molecule has 0 aliphatic carbocycles. The van der Waals surface area contributed by atoms with E-state index < -0.39 is 6.04 Å². The molecule has 2 unspecified atom stereocenters. The molecule has 2 aliphatic rings. The molecule has 3 rings (SSSR count). The number of amides is 3. The molecule has 0 saturated carbocycles. The third-order valence-electron chi connectivity index (χ3n) is 4.34. The first-order valence-electron chi connectivity index (χ1n) is 7.85. The molecule has 7 nitrogen and oxygen atoms in total. The average molecular weight is 395 g/mol. The lowest BCUT2D eigenvalue weighted by molar-refractivity contribution is -0.124. The number of rotatable bonds is 3. The normalized spacial score (nSPS) is 23.0. The van der Waals surface area contributed by atoms with Crippen LogP contribution in [0.2, 0.25) is 0 Å². The van der Waals surface area contributed by atoms with Crippen molar-refractivity contribution in [2.45, 2.75) is 24.9 Å². The van der Waals surface area contributed by atoms with Crippen LogP contribution in [0.25, 0.3) is 0 Å². The van der Waals surface area contributed by atoms with Crippen molar-refractivity contribution in [1.29, 1.82) is 0 Å². The van der Waals surface area contributed by atoms with Gasteiger partial charge < -0.3 is 20.9 Å². The van der Waals surface area contributed by atoms with Crippen molar-refractivity contribution in [2.75, 3.05) is 25.5 Å². The third-order valence-corrected chi connectivity index (χ3v) is 4.83. The smallest absolute Gasteiger partial charge is 0.256 e. The summed E-state index contributed by atoms with van der Waals surface area (Å²) in [4.78, 5) is 38.7. The van der Waals surface area contributed by atoms with Crippen molar-refractivity contribution >= 4 is 39.3 Å². The van der Waals surface area contributed by atoms with Gasteiger partial charge in [0.1, 0.15) is 6.04 Å². The van der Waals surface area contributed by atoms with Gasteiger partial charge in [-0.15, -0.1) is 0 Å². The molecule has 2 atom stereocenters. The summed E-state index contributed by atoms with van der Waals surface area (Å²) in [5.74, 6) is -0.477. The minimum Gasteiger partial charge on any atom is -0.352 e. The van der Waals surface area contributed by atoms with Gasteiger partial charge in [0, 0.05) is 17.1 Å². The lowest BCUT2D eigenvalue weighted by atomic mass is 9.96. The molecule has 1 aromatic carbocycles. The van der Waals surface area contributed by atoms with Gasteiger partial charge in [0.25, 0.3) is 5.91 Å². The van der Waals surface area contributed by atoms with Gasteiger partial charge in [-0.25, -0.2) is 0 Å². The highest BCUT2D eigenvalue weighted by atomic mass is 79.9. The van der Waals surface area contributed by atoms with Gasteiger partial charge in [-0.2, -0.15) is 0 Å². The molecule has 0 bridgehead atoms. The van der Waals surface area contributed by atoms with Crippen LogP contribution in [0.15, 0.2) is 22.7 Å². The number of halogens is 1. The van der Waals surface area contributed by atoms with Crippen molar-refractivity contribution < 1.29 is 14.4 Å². The molecule has 1 aromatic rings. The van der Waals surface area contributed by atoms with Gasteiger partial charge in [0.15, 0.2) is 0 Å². The van der Waals surface area contributed by atoms with Crippen LogP contribution in [0.1, 0.15) is 23.2 Å². The van der Waals surface area contributed by atoms with Gasteiger partial charge in [0.2, 0.25) is 11.8 Å². The van der Waals surface area contributed by atoms with E-state index >= 15 is 0 Å². The predicted molar refractivity (Wildman–Crippen MR) is 92.7 cm³/mol. The van der Waals surface area contributed by atoms with Gasteiger partial charge in [-0.3, -0.25) is 14.4 Å². The number of hydrogen-bond acceptors (Lipinski definition) is 4. The second kappa shape index (κ2) is 6.90. The van der Waals surface area contributed by atoms with Crippen LogP contribution in [0.4, 0.5) is 5.69 Å². The fourth-order valence-electron chi connectivity index (χ4n) is 3.20. The summed E-state index contributed by atoms with van der Waals surface area (Å²) in [6.07, 6.45) is 1.05. The number of nitrogens with zero attached hydrogens (tertiary/aromatic N) is 1. The first kappa shape index (κ1) is 16.9.